The molecule has 21 heavy (non-hydrogen) atoms. The van der Waals surface area contributed by atoms with Crippen molar-refractivity contribution in [1.82, 2.24) is 4.72 Å². The van der Waals surface area contributed by atoms with Gasteiger partial charge >= 0.3 is 0 Å². The molecule has 118 valence electrons. The van der Waals surface area contributed by atoms with Crippen LogP contribution in [-0.4, -0.2) is 39.5 Å². The maximum Gasteiger partial charge on any atom is 0.241 e. The van der Waals surface area contributed by atoms with E-state index in [0.717, 1.165) is 0 Å². The van der Waals surface area contributed by atoms with Crippen LogP contribution in [0, 0.1) is 6.92 Å². The molecule has 0 bridgehead atoms. The minimum absolute atomic E-state index is 0.0173. The summed E-state index contributed by atoms with van der Waals surface area (Å²) in [5.74, 6) is -0.213. The first-order valence-corrected chi connectivity index (χ1v) is 9.95. The lowest BCUT2D eigenvalue weighted by Crippen LogP contribution is -2.36. The molecule has 1 aromatic carbocycles. The van der Waals surface area contributed by atoms with E-state index in [2.05, 4.69) is 4.72 Å². The molecular weight excluding hydrogens is 338 g/mol. The van der Waals surface area contributed by atoms with Gasteiger partial charge in [0.25, 0.3) is 0 Å². The molecule has 1 atom stereocenters. The van der Waals surface area contributed by atoms with Crippen molar-refractivity contribution in [3.05, 3.63) is 28.3 Å². The van der Waals surface area contributed by atoms with Gasteiger partial charge in [-0.2, -0.15) is 0 Å². The Hall–Kier alpha value is -0.670. The quantitative estimate of drug-likeness (QED) is 0.825. The van der Waals surface area contributed by atoms with Crippen molar-refractivity contribution < 1.29 is 21.9 Å². The van der Waals surface area contributed by atoms with Gasteiger partial charge in [0, 0.05) is 11.1 Å². The van der Waals surface area contributed by atoms with E-state index in [1.807, 2.05) is 0 Å². The number of hydrogen-bond acceptors (Lipinski definition) is 5. The number of nitrogens with one attached hydrogen (secondary N) is 1. The number of sulfone groups is 1. The van der Waals surface area contributed by atoms with E-state index < -0.39 is 25.9 Å². The Labute approximate surface area is 129 Å². The van der Waals surface area contributed by atoms with Gasteiger partial charge in [-0.25, -0.2) is 21.6 Å². The summed E-state index contributed by atoms with van der Waals surface area (Å²) >= 11 is 5.87. The average Bonchev–Trinajstić information content (AvgIpc) is 2.70. The molecule has 0 aromatic heterocycles. The van der Waals surface area contributed by atoms with Gasteiger partial charge in [-0.3, -0.25) is 0 Å². The van der Waals surface area contributed by atoms with E-state index in [9.17, 15) is 21.9 Å². The van der Waals surface area contributed by atoms with Crippen molar-refractivity contribution in [2.75, 3.05) is 11.5 Å². The lowest BCUT2D eigenvalue weighted by Gasteiger charge is -2.15. The van der Waals surface area contributed by atoms with Crippen molar-refractivity contribution in [3.8, 4) is 0 Å². The molecule has 2 N–H and O–H groups in total. The molecule has 1 aliphatic heterocycles. The average molecular weight is 354 g/mol. The zero-order valence-corrected chi connectivity index (χ0v) is 13.7. The lowest BCUT2D eigenvalue weighted by atomic mass is 10.1. The van der Waals surface area contributed by atoms with Gasteiger partial charge in [0.15, 0.2) is 9.84 Å². The van der Waals surface area contributed by atoms with Crippen LogP contribution in [0.4, 0.5) is 0 Å². The molecule has 1 heterocycles. The number of rotatable bonds is 4. The van der Waals surface area contributed by atoms with Crippen LogP contribution in [0.25, 0.3) is 0 Å². The van der Waals surface area contributed by atoms with E-state index in [4.69, 9.17) is 11.6 Å². The number of aliphatic hydroxyl groups excluding tert-OH is 1. The summed E-state index contributed by atoms with van der Waals surface area (Å²) in [6, 6.07) is 2.16. The molecular formula is C12H16ClNO5S2. The lowest BCUT2D eigenvalue weighted by molar-refractivity contribution is 0.280. The zero-order chi connectivity index (χ0) is 15.8. The third kappa shape index (κ3) is 3.75. The van der Waals surface area contributed by atoms with Crippen molar-refractivity contribution >= 4 is 31.5 Å². The number of benzene rings is 1. The van der Waals surface area contributed by atoms with Gasteiger partial charge in [0.05, 0.1) is 23.0 Å². The number of sulfonamides is 1. The Morgan fingerprint density at radius 3 is 2.62 bits per heavy atom. The van der Waals surface area contributed by atoms with Crippen molar-refractivity contribution in [2.24, 2.45) is 0 Å². The van der Waals surface area contributed by atoms with Gasteiger partial charge in [0.2, 0.25) is 10.0 Å². The van der Waals surface area contributed by atoms with E-state index in [0.29, 0.717) is 11.1 Å². The summed E-state index contributed by atoms with van der Waals surface area (Å²) in [5.41, 5.74) is 0.817. The zero-order valence-electron chi connectivity index (χ0n) is 11.3. The highest BCUT2D eigenvalue weighted by atomic mass is 35.5. The van der Waals surface area contributed by atoms with Gasteiger partial charge in [-0.1, -0.05) is 11.6 Å². The molecule has 2 rings (SSSR count). The van der Waals surface area contributed by atoms with Crippen molar-refractivity contribution in [3.63, 3.8) is 0 Å². The first-order chi connectivity index (χ1) is 9.64. The molecule has 0 amide bonds. The first-order valence-electron chi connectivity index (χ1n) is 6.27. The van der Waals surface area contributed by atoms with Crippen molar-refractivity contribution in [2.45, 2.75) is 30.9 Å². The molecule has 6 nitrogen and oxygen atoms in total. The van der Waals surface area contributed by atoms with Crippen LogP contribution in [0.3, 0.4) is 0 Å². The van der Waals surface area contributed by atoms with Crippen LogP contribution in [0.5, 0.6) is 0 Å². The molecule has 1 aliphatic rings. The highest BCUT2D eigenvalue weighted by Gasteiger charge is 2.32. The second-order valence-corrected chi connectivity index (χ2v) is 9.41. The van der Waals surface area contributed by atoms with Gasteiger partial charge in [-0.15, -0.1) is 0 Å². The summed E-state index contributed by atoms with van der Waals surface area (Å²) in [7, 11) is -7.06. The van der Waals surface area contributed by atoms with Gasteiger partial charge in [-0.05, 0) is 36.6 Å². The predicted molar refractivity (Wildman–Crippen MR) is 79.5 cm³/mol. The van der Waals surface area contributed by atoms with Crippen LogP contribution in [0.15, 0.2) is 17.0 Å². The molecule has 1 fully saturated rings. The maximum atomic E-state index is 12.4. The van der Waals surface area contributed by atoms with Crippen LogP contribution < -0.4 is 4.72 Å². The molecule has 1 unspecified atom stereocenters. The SMILES string of the molecule is Cc1c(CO)cc(Cl)cc1S(=O)(=O)NC1CCS(=O)(=O)C1. The summed E-state index contributed by atoms with van der Waals surface area (Å²) in [5, 5.41) is 9.43. The molecule has 9 heteroatoms. The third-order valence-electron chi connectivity index (χ3n) is 3.45. The predicted octanol–water partition coefficient (Wildman–Crippen LogP) is 0.606. The molecule has 1 aromatic rings. The molecule has 0 spiro atoms. The maximum absolute atomic E-state index is 12.4. The Morgan fingerprint density at radius 2 is 2.10 bits per heavy atom. The summed E-state index contributed by atoms with van der Waals surface area (Å²) < 4.78 is 50.0. The number of hydrogen-bond donors (Lipinski definition) is 2. The molecule has 1 saturated heterocycles. The fourth-order valence-corrected chi connectivity index (χ4v) is 5.99. The van der Waals surface area contributed by atoms with Gasteiger partial charge in [0.1, 0.15) is 0 Å². The van der Waals surface area contributed by atoms with Crippen LogP contribution in [-0.2, 0) is 26.5 Å². The van der Waals surface area contributed by atoms with Crippen LogP contribution in [0.1, 0.15) is 17.5 Å². The fourth-order valence-electron chi connectivity index (χ4n) is 2.32. The van der Waals surface area contributed by atoms with E-state index in [-0.39, 0.29) is 34.5 Å². The monoisotopic (exact) mass is 353 g/mol. The van der Waals surface area contributed by atoms with Gasteiger partial charge < -0.3 is 5.11 Å². The molecule has 0 radical (unpaired) electrons. The third-order valence-corrected chi connectivity index (χ3v) is 7.08. The summed E-state index contributed by atoms with van der Waals surface area (Å²) in [6.45, 7) is 1.24. The van der Waals surface area contributed by atoms with E-state index >= 15 is 0 Å². The number of aliphatic hydroxyl groups is 1. The fraction of sp³-hybridized carbons (Fsp3) is 0.500. The molecule has 0 saturated carbocycles. The van der Waals surface area contributed by atoms with Crippen LogP contribution in [0.2, 0.25) is 5.02 Å². The second-order valence-electron chi connectivity index (χ2n) is 5.07. The van der Waals surface area contributed by atoms with Crippen molar-refractivity contribution in [1.29, 1.82) is 0 Å². The highest BCUT2D eigenvalue weighted by molar-refractivity contribution is 7.92. The molecule has 0 aliphatic carbocycles. The largest absolute Gasteiger partial charge is 0.392 e. The van der Waals surface area contributed by atoms with E-state index in [1.54, 1.807) is 6.92 Å². The smallest absolute Gasteiger partial charge is 0.241 e. The minimum Gasteiger partial charge on any atom is -0.392 e. The highest BCUT2D eigenvalue weighted by Crippen LogP contribution is 2.25. The summed E-state index contributed by atoms with van der Waals surface area (Å²) in [6.07, 6.45) is 0.258. The minimum atomic E-state index is -3.89. The normalized spacial score (nSPS) is 21.6. The topological polar surface area (TPSA) is 101 Å². The second kappa shape index (κ2) is 5.85. The van der Waals surface area contributed by atoms with Crippen LogP contribution >= 0.6 is 11.6 Å². The standard InChI is InChI=1S/C12H16ClNO5S2/c1-8-9(6-15)4-10(13)5-12(8)21(18,19)14-11-2-3-20(16,17)7-11/h4-5,11,14-15H,2-3,6-7H2,1H3. The Bertz CT molecular complexity index is 758. The Morgan fingerprint density at radius 1 is 1.43 bits per heavy atom. The number of halogens is 1. The Kier molecular flexibility index (Phi) is 4.65. The van der Waals surface area contributed by atoms with E-state index in [1.165, 1.54) is 12.1 Å². The Balaban J connectivity index is 2.34. The first kappa shape index (κ1) is 16.7. The summed E-state index contributed by atoms with van der Waals surface area (Å²) in [4.78, 5) is -0.0386.